The molecule has 1 aliphatic carbocycles. The van der Waals surface area contributed by atoms with Gasteiger partial charge in [0.05, 0.1) is 13.2 Å². The van der Waals surface area contributed by atoms with E-state index in [4.69, 9.17) is 9.47 Å². The van der Waals surface area contributed by atoms with E-state index >= 15 is 0 Å². The fourth-order valence-electron chi connectivity index (χ4n) is 2.14. The van der Waals surface area contributed by atoms with E-state index in [9.17, 15) is 9.50 Å². The zero-order chi connectivity index (χ0) is 14.8. The molecule has 0 aliphatic heterocycles. The molecule has 0 heterocycles. The third-order valence-electron chi connectivity index (χ3n) is 3.53. The highest BCUT2D eigenvalue weighted by Gasteiger charge is 2.23. The molecule has 0 saturated heterocycles. The number of aliphatic hydroxyl groups excluding tert-OH is 1. The van der Waals surface area contributed by atoms with Crippen LogP contribution in [0.1, 0.15) is 30.1 Å². The first-order valence-electron chi connectivity index (χ1n) is 6.95. The zero-order valence-electron chi connectivity index (χ0n) is 11.8. The second-order valence-corrected chi connectivity index (χ2v) is 5.18. The molecule has 1 unspecified atom stereocenters. The van der Waals surface area contributed by atoms with Crippen LogP contribution in [0.4, 0.5) is 4.39 Å². The van der Waals surface area contributed by atoms with E-state index in [0.717, 1.165) is 18.6 Å². The average Bonchev–Trinajstić information content (AvgIpc) is 3.31. The number of hydrogen-bond acceptors (Lipinski definition) is 3. The van der Waals surface area contributed by atoms with Crippen LogP contribution in [0.25, 0.3) is 0 Å². The molecule has 3 nitrogen and oxygen atoms in total. The summed E-state index contributed by atoms with van der Waals surface area (Å²) in [6.45, 7) is 0. The molecule has 4 heteroatoms. The summed E-state index contributed by atoms with van der Waals surface area (Å²) in [7, 11) is 1.48. The van der Waals surface area contributed by atoms with Gasteiger partial charge in [-0.05, 0) is 42.7 Å². The maximum absolute atomic E-state index is 14.0. The lowest BCUT2D eigenvalue weighted by atomic mass is 10.0. The Morgan fingerprint density at radius 2 is 1.76 bits per heavy atom. The summed E-state index contributed by atoms with van der Waals surface area (Å²) < 4.78 is 24.6. The van der Waals surface area contributed by atoms with Crippen molar-refractivity contribution < 1.29 is 19.0 Å². The fraction of sp³-hybridized carbons (Fsp3) is 0.294. The minimum absolute atomic E-state index is 0.228. The van der Waals surface area contributed by atoms with E-state index in [-0.39, 0.29) is 5.56 Å². The SMILES string of the molecule is COc1ccc(C(O)c2ccc(OC3CC3)cc2)c(F)c1. The van der Waals surface area contributed by atoms with Gasteiger partial charge in [0.25, 0.3) is 0 Å². The van der Waals surface area contributed by atoms with Crippen LogP contribution in [-0.2, 0) is 0 Å². The van der Waals surface area contributed by atoms with Gasteiger partial charge in [0.15, 0.2) is 0 Å². The first-order valence-corrected chi connectivity index (χ1v) is 6.95. The zero-order valence-corrected chi connectivity index (χ0v) is 11.8. The van der Waals surface area contributed by atoms with Crippen molar-refractivity contribution in [1.82, 2.24) is 0 Å². The lowest BCUT2D eigenvalue weighted by molar-refractivity contribution is 0.214. The molecule has 0 aromatic heterocycles. The van der Waals surface area contributed by atoms with Gasteiger partial charge >= 0.3 is 0 Å². The number of rotatable bonds is 5. The van der Waals surface area contributed by atoms with Crippen molar-refractivity contribution in [2.75, 3.05) is 7.11 Å². The third-order valence-corrected chi connectivity index (χ3v) is 3.53. The molecular formula is C17H17FO3. The predicted molar refractivity (Wildman–Crippen MR) is 77.1 cm³/mol. The first-order chi connectivity index (χ1) is 10.2. The second-order valence-electron chi connectivity index (χ2n) is 5.18. The normalized spacial score (nSPS) is 15.6. The van der Waals surface area contributed by atoms with Crippen LogP contribution < -0.4 is 9.47 Å². The Bertz CT molecular complexity index is 620. The molecule has 3 rings (SSSR count). The summed E-state index contributed by atoms with van der Waals surface area (Å²) in [5, 5.41) is 10.3. The molecule has 1 N–H and O–H groups in total. The largest absolute Gasteiger partial charge is 0.497 e. The number of aliphatic hydroxyl groups is 1. The van der Waals surface area contributed by atoms with Gasteiger partial charge in [0.1, 0.15) is 23.4 Å². The summed E-state index contributed by atoms with van der Waals surface area (Å²) in [6, 6.07) is 11.6. The molecule has 1 fully saturated rings. The van der Waals surface area contributed by atoms with Gasteiger partial charge in [-0.2, -0.15) is 0 Å². The summed E-state index contributed by atoms with van der Waals surface area (Å²) in [5.41, 5.74) is 0.855. The van der Waals surface area contributed by atoms with Crippen molar-refractivity contribution in [2.45, 2.75) is 25.0 Å². The Kier molecular flexibility index (Phi) is 3.80. The molecule has 110 valence electrons. The van der Waals surface area contributed by atoms with Crippen molar-refractivity contribution in [3.63, 3.8) is 0 Å². The highest BCUT2D eigenvalue weighted by Crippen LogP contribution is 2.30. The van der Waals surface area contributed by atoms with Crippen LogP contribution in [0.5, 0.6) is 11.5 Å². The Morgan fingerprint density at radius 1 is 1.10 bits per heavy atom. The number of ether oxygens (including phenoxy) is 2. The summed E-state index contributed by atoms with van der Waals surface area (Å²) in [6.07, 6.45) is 1.52. The smallest absolute Gasteiger partial charge is 0.133 e. The van der Waals surface area contributed by atoms with E-state index in [1.54, 1.807) is 30.3 Å². The van der Waals surface area contributed by atoms with Crippen LogP contribution in [0.15, 0.2) is 42.5 Å². The monoisotopic (exact) mass is 288 g/mol. The van der Waals surface area contributed by atoms with E-state index in [2.05, 4.69) is 0 Å². The van der Waals surface area contributed by atoms with Crippen LogP contribution in [-0.4, -0.2) is 18.3 Å². The highest BCUT2D eigenvalue weighted by molar-refractivity contribution is 5.37. The van der Waals surface area contributed by atoms with E-state index in [0.29, 0.717) is 17.4 Å². The molecular weight excluding hydrogens is 271 g/mol. The van der Waals surface area contributed by atoms with Crippen molar-refractivity contribution in [3.05, 3.63) is 59.4 Å². The molecule has 21 heavy (non-hydrogen) atoms. The Labute approximate surface area is 122 Å². The maximum Gasteiger partial charge on any atom is 0.133 e. The molecule has 2 aromatic rings. The van der Waals surface area contributed by atoms with Crippen LogP contribution in [0.3, 0.4) is 0 Å². The number of halogens is 1. The molecule has 1 aliphatic rings. The Morgan fingerprint density at radius 3 is 2.33 bits per heavy atom. The molecule has 0 amide bonds. The predicted octanol–water partition coefficient (Wildman–Crippen LogP) is 3.46. The number of benzene rings is 2. The molecule has 0 bridgehead atoms. The quantitative estimate of drug-likeness (QED) is 0.915. The van der Waals surface area contributed by atoms with Gasteiger partial charge in [-0.25, -0.2) is 4.39 Å². The minimum Gasteiger partial charge on any atom is -0.497 e. The standard InChI is InChI=1S/C17H17FO3/c1-20-14-8-9-15(16(18)10-14)17(19)11-2-4-12(5-3-11)21-13-6-7-13/h2-5,8-10,13,17,19H,6-7H2,1H3. The van der Waals surface area contributed by atoms with Gasteiger partial charge in [0, 0.05) is 11.6 Å². The lowest BCUT2D eigenvalue weighted by Gasteiger charge is -2.14. The van der Waals surface area contributed by atoms with Gasteiger partial charge in [-0.15, -0.1) is 0 Å². The van der Waals surface area contributed by atoms with Crippen molar-refractivity contribution in [3.8, 4) is 11.5 Å². The van der Waals surface area contributed by atoms with Crippen LogP contribution in [0.2, 0.25) is 0 Å². The number of hydrogen-bond donors (Lipinski definition) is 1. The van der Waals surface area contributed by atoms with E-state index in [1.165, 1.54) is 19.2 Å². The summed E-state index contributed by atoms with van der Waals surface area (Å²) in [4.78, 5) is 0. The molecule has 1 saturated carbocycles. The second kappa shape index (κ2) is 5.74. The summed E-state index contributed by atoms with van der Waals surface area (Å²) >= 11 is 0. The first kappa shape index (κ1) is 13.9. The van der Waals surface area contributed by atoms with Gasteiger partial charge in [0.2, 0.25) is 0 Å². The van der Waals surface area contributed by atoms with Crippen LogP contribution >= 0.6 is 0 Å². The molecule has 0 radical (unpaired) electrons. The highest BCUT2D eigenvalue weighted by atomic mass is 19.1. The van der Waals surface area contributed by atoms with Gasteiger partial charge in [-0.3, -0.25) is 0 Å². The number of methoxy groups -OCH3 is 1. The van der Waals surface area contributed by atoms with Crippen molar-refractivity contribution in [1.29, 1.82) is 0 Å². The topological polar surface area (TPSA) is 38.7 Å². The average molecular weight is 288 g/mol. The van der Waals surface area contributed by atoms with Crippen molar-refractivity contribution in [2.24, 2.45) is 0 Å². The minimum atomic E-state index is -1.01. The van der Waals surface area contributed by atoms with Gasteiger partial charge < -0.3 is 14.6 Å². The lowest BCUT2D eigenvalue weighted by Crippen LogP contribution is -2.03. The fourth-order valence-corrected chi connectivity index (χ4v) is 2.14. The van der Waals surface area contributed by atoms with Crippen molar-refractivity contribution >= 4 is 0 Å². The third kappa shape index (κ3) is 3.16. The summed E-state index contributed by atoms with van der Waals surface area (Å²) in [5.74, 6) is 0.723. The van der Waals surface area contributed by atoms with E-state index < -0.39 is 11.9 Å². The molecule has 1 atom stereocenters. The van der Waals surface area contributed by atoms with E-state index in [1.807, 2.05) is 0 Å². The Hall–Kier alpha value is -2.07. The maximum atomic E-state index is 14.0. The van der Waals surface area contributed by atoms with Crippen LogP contribution in [0, 0.1) is 5.82 Å². The molecule has 0 spiro atoms. The van der Waals surface area contributed by atoms with Gasteiger partial charge in [-0.1, -0.05) is 12.1 Å². The molecule has 2 aromatic carbocycles. The Balaban J connectivity index is 1.78.